The molecule has 1 aromatic carbocycles. The number of rotatable bonds is 6. The Morgan fingerprint density at radius 2 is 2.00 bits per heavy atom. The Morgan fingerprint density at radius 3 is 2.67 bits per heavy atom. The van der Waals surface area contributed by atoms with Crippen molar-refractivity contribution in [3.63, 3.8) is 0 Å². The van der Waals surface area contributed by atoms with Crippen LogP contribution in [-0.4, -0.2) is 23.1 Å². The number of hydrogen-bond acceptors (Lipinski definition) is 6. The maximum Gasteiger partial charge on any atom is 0.333 e. The standard InChI is InChI=1S/C20H16Cl2N2O5S/c1-2-28-19(26)9-18-24(10-17(23)25)20(27)16(30-18)8-12-4-6-15(29-12)11-3-5-13(21)14(22)7-11/h3-9H,2,10H2,1H3,(H2,23,25). The highest BCUT2D eigenvalue weighted by Gasteiger charge is 2.11. The molecule has 3 aromatic rings. The number of carbonyl (C=O) groups excluding carboxylic acids is 2. The first-order valence-corrected chi connectivity index (χ1v) is 10.3. The first kappa shape index (κ1) is 21.9. The number of aromatic nitrogens is 1. The molecule has 0 aliphatic rings. The quantitative estimate of drug-likeness (QED) is 0.560. The Bertz CT molecular complexity index is 1290. The molecule has 0 atom stereocenters. The fourth-order valence-electron chi connectivity index (χ4n) is 2.60. The molecule has 0 radical (unpaired) electrons. The molecule has 1 amide bonds. The predicted octanol–water partition coefficient (Wildman–Crippen LogP) is 2.13. The summed E-state index contributed by atoms with van der Waals surface area (Å²) >= 11 is 13.0. The van der Waals surface area contributed by atoms with E-state index in [1.807, 2.05) is 0 Å². The van der Waals surface area contributed by atoms with Gasteiger partial charge in [0, 0.05) is 11.6 Å². The van der Waals surface area contributed by atoms with E-state index >= 15 is 0 Å². The highest BCUT2D eigenvalue weighted by molar-refractivity contribution is 7.07. The van der Waals surface area contributed by atoms with Gasteiger partial charge in [-0.25, -0.2) is 4.79 Å². The minimum absolute atomic E-state index is 0.184. The highest BCUT2D eigenvalue weighted by Crippen LogP contribution is 2.29. The largest absolute Gasteiger partial charge is 0.463 e. The van der Waals surface area contributed by atoms with Gasteiger partial charge < -0.3 is 14.9 Å². The van der Waals surface area contributed by atoms with Gasteiger partial charge in [-0.15, -0.1) is 11.3 Å². The molecule has 10 heteroatoms. The van der Waals surface area contributed by atoms with Crippen LogP contribution in [0.1, 0.15) is 12.7 Å². The lowest BCUT2D eigenvalue weighted by molar-refractivity contribution is -0.135. The monoisotopic (exact) mass is 466 g/mol. The molecule has 0 saturated heterocycles. The van der Waals surface area contributed by atoms with Crippen LogP contribution in [0.15, 0.2) is 39.5 Å². The summed E-state index contributed by atoms with van der Waals surface area (Å²) in [6.07, 6.45) is 2.67. The van der Waals surface area contributed by atoms with Crippen molar-refractivity contribution < 1.29 is 18.7 Å². The summed E-state index contributed by atoms with van der Waals surface area (Å²) < 4.78 is 12.3. The fraction of sp³-hybridized carbons (Fsp3) is 0.150. The number of nitrogens with zero attached hydrogens (tertiary/aromatic N) is 1. The van der Waals surface area contributed by atoms with Crippen molar-refractivity contribution in [3.05, 3.63) is 65.7 Å². The summed E-state index contributed by atoms with van der Waals surface area (Å²) in [5.41, 5.74) is 5.48. The van der Waals surface area contributed by atoms with E-state index in [4.69, 9.17) is 38.1 Å². The van der Waals surface area contributed by atoms with Crippen molar-refractivity contribution in [2.75, 3.05) is 6.61 Å². The number of nitrogens with two attached hydrogens (primary N) is 1. The first-order chi connectivity index (χ1) is 14.3. The molecule has 0 unspecified atom stereocenters. The molecule has 30 heavy (non-hydrogen) atoms. The zero-order valence-electron chi connectivity index (χ0n) is 15.7. The number of primary amides is 1. The molecule has 7 nitrogen and oxygen atoms in total. The van der Waals surface area contributed by atoms with Crippen LogP contribution in [0.25, 0.3) is 23.5 Å². The molecule has 3 rings (SSSR count). The van der Waals surface area contributed by atoms with Crippen molar-refractivity contribution in [1.29, 1.82) is 0 Å². The van der Waals surface area contributed by atoms with Crippen LogP contribution in [0.5, 0.6) is 0 Å². The smallest absolute Gasteiger partial charge is 0.333 e. The lowest BCUT2D eigenvalue weighted by Crippen LogP contribution is -2.36. The number of furan rings is 1. The minimum atomic E-state index is -0.708. The molecular formula is C20H16Cl2N2O5S. The second kappa shape index (κ2) is 9.34. The fourth-order valence-corrected chi connectivity index (χ4v) is 3.91. The van der Waals surface area contributed by atoms with E-state index < -0.39 is 17.4 Å². The second-order valence-corrected chi connectivity index (χ2v) is 7.91. The zero-order chi connectivity index (χ0) is 21.8. The van der Waals surface area contributed by atoms with Gasteiger partial charge in [-0.05, 0) is 37.3 Å². The number of thiazole rings is 1. The Labute approximate surface area is 184 Å². The van der Waals surface area contributed by atoms with Crippen LogP contribution >= 0.6 is 34.5 Å². The third-order valence-electron chi connectivity index (χ3n) is 3.88. The van der Waals surface area contributed by atoms with Crippen LogP contribution in [-0.2, 0) is 20.9 Å². The number of carbonyl (C=O) groups is 2. The van der Waals surface area contributed by atoms with Gasteiger partial charge in [0.15, 0.2) is 0 Å². The number of amides is 1. The normalized spacial score (nSPS) is 12.4. The van der Waals surface area contributed by atoms with Crippen LogP contribution in [0.2, 0.25) is 10.0 Å². The van der Waals surface area contributed by atoms with E-state index in [1.54, 1.807) is 37.3 Å². The summed E-state index contributed by atoms with van der Waals surface area (Å²) in [7, 11) is 0. The van der Waals surface area contributed by atoms with E-state index in [9.17, 15) is 14.4 Å². The molecule has 2 heterocycles. The molecule has 0 spiro atoms. The molecule has 156 valence electrons. The van der Waals surface area contributed by atoms with Gasteiger partial charge in [0.2, 0.25) is 5.91 Å². The predicted molar refractivity (Wildman–Crippen MR) is 116 cm³/mol. The van der Waals surface area contributed by atoms with Gasteiger partial charge in [-0.2, -0.15) is 0 Å². The molecule has 2 N–H and O–H groups in total. The van der Waals surface area contributed by atoms with Gasteiger partial charge in [0.25, 0.3) is 5.56 Å². The van der Waals surface area contributed by atoms with Crippen LogP contribution in [0.3, 0.4) is 0 Å². The zero-order valence-corrected chi connectivity index (χ0v) is 18.0. The van der Waals surface area contributed by atoms with Crippen molar-refractivity contribution in [1.82, 2.24) is 4.57 Å². The van der Waals surface area contributed by atoms with Gasteiger partial charge in [0.05, 0.1) is 27.3 Å². The maximum absolute atomic E-state index is 12.7. The van der Waals surface area contributed by atoms with Crippen molar-refractivity contribution in [3.8, 4) is 11.3 Å². The molecule has 2 aromatic heterocycles. The third kappa shape index (κ3) is 5.02. The molecule has 0 saturated carbocycles. The maximum atomic E-state index is 12.7. The minimum Gasteiger partial charge on any atom is -0.463 e. The van der Waals surface area contributed by atoms with E-state index in [2.05, 4.69) is 0 Å². The summed E-state index contributed by atoms with van der Waals surface area (Å²) in [5.74, 6) is -0.390. The number of benzene rings is 1. The number of halogens is 2. The molecule has 0 aliphatic carbocycles. The Kier molecular flexibility index (Phi) is 6.81. The number of hydrogen-bond donors (Lipinski definition) is 1. The van der Waals surface area contributed by atoms with Crippen molar-refractivity contribution in [2.24, 2.45) is 5.73 Å². The van der Waals surface area contributed by atoms with Gasteiger partial charge in [-0.1, -0.05) is 23.2 Å². The summed E-state index contributed by atoms with van der Waals surface area (Å²) in [5, 5.41) is 0.820. The summed E-state index contributed by atoms with van der Waals surface area (Å²) in [6.45, 7) is 1.49. The van der Waals surface area contributed by atoms with Crippen molar-refractivity contribution >= 4 is 58.6 Å². The molecule has 0 aliphatic heterocycles. The Hall–Kier alpha value is -2.81. The SMILES string of the molecule is CCOC(=O)C=c1sc(=Cc2ccc(-c3ccc(Cl)c(Cl)c3)o2)c(=O)n1CC(N)=O. The summed E-state index contributed by atoms with van der Waals surface area (Å²) in [4.78, 5) is 35.9. The van der Waals surface area contributed by atoms with Crippen LogP contribution in [0, 0.1) is 0 Å². The molecule has 0 bridgehead atoms. The topological polar surface area (TPSA) is 105 Å². The first-order valence-electron chi connectivity index (χ1n) is 8.72. The van der Waals surface area contributed by atoms with Crippen molar-refractivity contribution in [2.45, 2.75) is 13.5 Å². The average Bonchev–Trinajstić information content (AvgIpc) is 3.25. The van der Waals surface area contributed by atoms with Crippen LogP contribution < -0.4 is 20.5 Å². The number of ether oxygens (including phenoxy) is 1. The lowest BCUT2D eigenvalue weighted by atomic mass is 10.2. The van der Waals surface area contributed by atoms with Crippen LogP contribution in [0.4, 0.5) is 0 Å². The lowest BCUT2D eigenvalue weighted by Gasteiger charge is -1.99. The third-order valence-corrected chi connectivity index (χ3v) is 5.68. The Balaban J connectivity index is 2.05. The number of esters is 1. The van der Waals surface area contributed by atoms with E-state index in [1.165, 1.54) is 6.08 Å². The summed E-state index contributed by atoms with van der Waals surface area (Å²) in [6, 6.07) is 8.50. The van der Waals surface area contributed by atoms with E-state index in [0.717, 1.165) is 27.5 Å². The van der Waals surface area contributed by atoms with Gasteiger partial charge >= 0.3 is 5.97 Å². The Morgan fingerprint density at radius 1 is 1.23 bits per heavy atom. The highest BCUT2D eigenvalue weighted by atomic mass is 35.5. The van der Waals surface area contributed by atoms with E-state index in [-0.39, 0.29) is 22.3 Å². The second-order valence-electron chi connectivity index (χ2n) is 6.03. The van der Waals surface area contributed by atoms with Gasteiger partial charge in [-0.3, -0.25) is 14.2 Å². The molecule has 0 fully saturated rings. The van der Waals surface area contributed by atoms with E-state index in [0.29, 0.717) is 21.6 Å². The van der Waals surface area contributed by atoms with Gasteiger partial charge in [0.1, 0.15) is 22.7 Å². The molecular weight excluding hydrogens is 451 g/mol. The average molecular weight is 467 g/mol.